The van der Waals surface area contributed by atoms with Gasteiger partial charge in [-0.25, -0.2) is 4.79 Å². The maximum absolute atomic E-state index is 12.4. The van der Waals surface area contributed by atoms with Gasteiger partial charge in [0.2, 0.25) is 0 Å². The van der Waals surface area contributed by atoms with E-state index in [0.29, 0.717) is 16.1 Å². The molecule has 0 aromatic carbocycles. The van der Waals surface area contributed by atoms with Crippen molar-refractivity contribution >= 4 is 23.5 Å². The third-order valence-corrected chi connectivity index (χ3v) is 5.62. The Balaban J connectivity index is 3.31. The summed E-state index contributed by atoms with van der Waals surface area (Å²) in [7, 11) is 0. The van der Waals surface area contributed by atoms with Crippen LogP contribution in [0.4, 0.5) is 0 Å². The van der Waals surface area contributed by atoms with E-state index in [0.717, 1.165) is 18.2 Å². The fourth-order valence-corrected chi connectivity index (χ4v) is 3.76. The third kappa shape index (κ3) is 4.36. The minimum atomic E-state index is -1.27. The average Bonchev–Trinajstić information content (AvgIpc) is 2.42. The Morgan fingerprint density at radius 2 is 2.00 bits per heavy atom. The molecule has 0 unspecified atom stereocenters. The molecule has 0 heterocycles. The van der Waals surface area contributed by atoms with Crippen LogP contribution in [-0.2, 0) is 9.59 Å². The molecular formula is C18H26O4S. The van der Waals surface area contributed by atoms with E-state index in [-0.39, 0.29) is 12.2 Å². The molecule has 1 rings (SSSR count). The third-order valence-electron chi connectivity index (χ3n) is 4.19. The van der Waals surface area contributed by atoms with Gasteiger partial charge in [0.15, 0.2) is 5.78 Å². The fraction of sp³-hybridized carbons (Fsp3) is 0.556. The molecule has 0 bridgehead atoms. The Labute approximate surface area is 142 Å². The van der Waals surface area contributed by atoms with E-state index in [1.807, 2.05) is 20.8 Å². The maximum atomic E-state index is 12.4. The summed E-state index contributed by atoms with van der Waals surface area (Å²) in [6.07, 6.45) is 5.53. The smallest absolute Gasteiger partial charge is 0.328 e. The molecule has 4 nitrogen and oxygen atoms in total. The lowest BCUT2D eigenvalue weighted by molar-refractivity contribution is -0.131. The lowest BCUT2D eigenvalue weighted by atomic mass is 9.64. The van der Waals surface area contributed by atoms with Gasteiger partial charge in [-0.15, -0.1) is 11.8 Å². The highest BCUT2D eigenvalue weighted by Crippen LogP contribution is 2.48. The number of aliphatic hydroxyl groups is 1. The SMILES string of the molecule is CCCSC1=C(C)[C@](O)(/C=C/C(C)=C\C(=O)O)C(C)(C)CC1=O. The van der Waals surface area contributed by atoms with Crippen LogP contribution in [0, 0.1) is 5.41 Å². The van der Waals surface area contributed by atoms with Crippen LogP contribution < -0.4 is 0 Å². The molecule has 0 aromatic heterocycles. The molecule has 0 saturated carbocycles. The topological polar surface area (TPSA) is 74.6 Å². The Morgan fingerprint density at radius 3 is 2.52 bits per heavy atom. The minimum absolute atomic E-state index is 0.0711. The summed E-state index contributed by atoms with van der Waals surface area (Å²) in [5.41, 5.74) is -0.736. The Bertz CT molecular complexity index is 584. The van der Waals surface area contributed by atoms with Crippen LogP contribution in [0.15, 0.2) is 34.3 Å². The molecule has 0 radical (unpaired) electrons. The van der Waals surface area contributed by atoms with E-state index in [1.54, 1.807) is 26.0 Å². The second-order valence-electron chi connectivity index (χ2n) is 6.61. The van der Waals surface area contributed by atoms with Crippen molar-refractivity contribution in [2.45, 2.75) is 53.1 Å². The Kier molecular flexibility index (Phi) is 6.42. The summed E-state index contributed by atoms with van der Waals surface area (Å²) in [4.78, 5) is 23.7. The number of carbonyl (C=O) groups excluding carboxylic acids is 1. The van der Waals surface area contributed by atoms with Gasteiger partial charge in [0.1, 0.15) is 5.60 Å². The number of ketones is 1. The van der Waals surface area contributed by atoms with Crippen LogP contribution in [0.1, 0.15) is 47.5 Å². The number of hydrogen-bond donors (Lipinski definition) is 2. The number of Topliss-reactive ketones (excluding diaryl/α,β-unsaturated/α-hetero) is 1. The molecule has 0 aromatic rings. The Morgan fingerprint density at radius 1 is 1.39 bits per heavy atom. The largest absolute Gasteiger partial charge is 0.478 e. The van der Waals surface area contributed by atoms with Crippen LogP contribution in [0.3, 0.4) is 0 Å². The molecule has 0 saturated heterocycles. The zero-order valence-electron chi connectivity index (χ0n) is 14.5. The monoisotopic (exact) mass is 338 g/mol. The second kappa shape index (κ2) is 7.49. The molecule has 0 fully saturated rings. The van der Waals surface area contributed by atoms with Crippen molar-refractivity contribution in [1.82, 2.24) is 0 Å². The minimum Gasteiger partial charge on any atom is -0.478 e. The van der Waals surface area contributed by atoms with Gasteiger partial charge in [0.05, 0.1) is 4.91 Å². The molecule has 0 amide bonds. The summed E-state index contributed by atoms with van der Waals surface area (Å²) in [5, 5.41) is 20.0. The van der Waals surface area contributed by atoms with Gasteiger partial charge in [-0.2, -0.15) is 0 Å². The zero-order valence-corrected chi connectivity index (χ0v) is 15.3. The summed E-state index contributed by atoms with van der Waals surface area (Å²) >= 11 is 1.49. The predicted octanol–water partition coefficient (Wildman–Crippen LogP) is 3.72. The van der Waals surface area contributed by atoms with E-state index in [2.05, 4.69) is 0 Å². The highest BCUT2D eigenvalue weighted by Gasteiger charge is 2.49. The van der Waals surface area contributed by atoms with Crippen molar-refractivity contribution in [2.24, 2.45) is 5.41 Å². The number of carboxylic acids is 1. The summed E-state index contributed by atoms with van der Waals surface area (Å²) in [6.45, 7) is 9.22. The van der Waals surface area contributed by atoms with Crippen LogP contribution in [0.5, 0.6) is 0 Å². The number of allylic oxidation sites excluding steroid dienone is 3. The molecule has 0 spiro atoms. The number of carbonyl (C=O) groups is 2. The van der Waals surface area contributed by atoms with Gasteiger partial charge in [-0.3, -0.25) is 4.79 Å². The van der Waals surface area contributed by atoms with Gasteiger partial charge in [-0.1, -0.05) is 26.8 Å². The number of aliphatic carboxylic acids is 1. The molecule has 5 heteroatoms. The van der Waals surface area contributed by atoms with E-state index in [1.165, 1.54) is 11.8 Å². The first-order valence-corrected chi connectivity index (χ1v) is 8.74. The van der Waals surface area contributed by atoms with Crippen LogP contribution in [-0.4, -0.2) is 33.3 Å². The van der Waals surface area contributed by atoms with Crippen LogP contribution in [0.2, 0.25) is 0 Å². The highest BCUT2D eigenvalue weighted by atomic mass is 32.2. The zero-order chi connectivity index (χ0) is 17.8. The van der Waals surface area contributed by atoms with Gasteiger partial charge < -0.3 is 10.2 Å². The number of thioether (sulfide) groups is 1. The summed E-state index contributed by atoms with van der Waals surface area (Å²) in [6, 6.07) is 0. The molecular weight excluding hydrogens is 312 g/mol. The van der Waals surface area contributed by atoms with Gasteiger partial charge in [0.25, 0.3) is 0 Å². The Hall–Kier alpha value is -1.33. The standard InChI is InChI=1S/C18H26O4S/c1-6-9-23-16-13(3)18(22,17(4,5)11-14(16)19)8-7-12(2)10-15(20)21/h7-8,10,22H,6,9,11H2,1-5H3,(H,20,21)/b8-7+,12-10-/t18-/m1/s1. The van der Waals surface area contributed by atoms with Crippen LogP contribution in [0.25, 0.3) is 0 Å². The van der Waals surface area contributed by atoms with Gasteiger partial charge in [0, 0.05) is 17.9 Å². The van der Waals surface area contributed by atoms with E-state index >= 15 is 0 Å². The van der Waals surface area contributed by atoms with Crippen molar-refractivity contribution in [3.8, 4) is 0 Å². The molecule has 0 aliphatic heterocycles. The van der Waals surface area contributed by atoms with Crippen molar-refractivity contribution < 1.29 is 19.8 Å². The van der Waals surface area contributed by atoms with E-state index < -0.39 is 17.0 Å². The van der Waals surface area contributed by atoms with Crippen molar-refractivity contribution in [1.29, 1.82) is 0 Å². The molecule has 128 valence electrons. The lowest BCUT2D eigenvalue weighted by Gasteiger charge is -2.45. The van der Waals surface area contributed by atoms with Gasteiger partial charge >= 0.3 is 5.97 Å². The van der Waals surface area contributed by atoms with Crippen molar-refractivity contribution in [3.63, 3.8) is 0 Å². The van der Waals surface area contributed by atoms with Crippen LogP contribution >= 0.6 is 11.8 Å². The first-order valence-electron chi connectivity index (χ1n) is 7.75. The summed E-state index contributed by atoms with van der Waals surface area (Å²) < 4.78 is 0. The normalized spacial score (nSPS) is 25.3. The quantitative estimate of drug-likeness (QED) is 0.570. The van der Waals surface area contributed by atoms with E-state index in [9.17, 15) is 14.7 Å². The number of carboxylic acid groups (broad SMARTS) is 1. The second-order valence-corrected chi connectivity index (χ2v) is 7.72. The average molecular weight is 338 g/mol. The molecule has 2 N–H and O–H groups in total. The first-order chi connectivity index (χ1) is 10.5. The van der Waals surface area contributed by atoms with Crippen molar-refractivity contribution in [2.75, 3.05) is 5.75 Å². The molecule has 1 aliphatic rings. The molecule has 23 heavy (non-hydrogen) atoms. The molecule has 1 atom stereocenters. The number of rotatable bonds is 6. The predicted molar refractivity (Wildman–Crippen MR) is 94.3 cm³/mol. The molecule has 1 aliphatic carbocycles. The van der Waals surface area contributed by atoms with Gasteiger partial charge in [-0.05, 0) is 43.2 Å². The summed E-state index contributed by atoms with van der Waals surface area (Å²) in [5.74, 6) is -0.123. The number of hydrogen-bond acceptors (Lipinski definition) is 4. The fourth-order valence-electron chi connectivity index (χ4n) is 2.74. The van der Waals surface area contributed by atoms with E-state index in [4.69, 9.17) is 5.11 Å². The highest BCUT2D eigenvalue weighted by molar-refractivity contribution is 8.04. The maximum Gasteiger partial charge on any atom is 0.328 e. The van der Waals surface area contributed by atoms with Crippen molar-refractivity contribution in [3.05, 3.63) is 34.3 Å². The first kappa shape index (κ1) is 19.7. The lowest BCUT2D eigenvalue weighted by Crippen LogP contribution is -2.49.